The molecular formula is C27H26N4O2. The van der Waals surface area contributed by atoms with Crippen LogP contribution in [0.4, 0.5) is 0 Å². The number of pyridine rings is 1. The van der Waals surface area contributed by atoms with E-state index in [0.29, 0.717) is 18.2 Å². The first-order chi connectivity index (χ1) is 16.1. The van der Waals surface area contributed by atoms with Crippen molar-refractivity contribution in [3.63, 3.8) is 0 Å². The minimum atomic E-state index is 0.359. The van der Waals surface area contributed by atoms with Crippen molar-refractivity contribution in [2.75, 3.05) is 14.2 Å². The van der Waals surface area contributed by atoms with E-state index >= 15 is 0 Å². The number of benzene rings is 2. The number of hydrogen-bond acceptors (Lipinski definition) is 5. The van der Waals surface area contributed by atoms with Crippen LogP contribution in [0.1, 0.15) is 36.6 Å². The average Bonchev–Trinajstić information content (AvgIpc) is 3.23. The molecular weight excluding hydrogens is 412 g/mol. The van der Waals surface area contributed by atoms with E-state index < -0.39 is 0 Å². The number of methoxy groups -OCH3 is 2. The number of aromatic amines is 1. The van der Waals surface area contributed by atoms with Gasteiger partial charge in [-0.1, -0.05) is 44.2 Å². The summed E-state index contributed by atoms with van der Waals surface area (Å²) in [6, 6.07) is 16.2. The third kappa shape index (κ3) is 3.78. The van der Waals surface area contributed by atoms with E-state index in [9.17, 15) is 0 Å². The third-order valence-electron chi connectivity index (χ3n) is 6.00. The number of rotatable bonds is 6. The molecule has 3 aromatic heterocycles. The molecule has 0 spiro atoms. The van der Waals surface area contributed by atoms with Crippen molar-refractivity contribution in [2.45, 2.75) is 26.2 Å². The fourth-order valence-corrected chi connectivity index (χ4v) is 4.35. The molecule has 0 bridgehead atoms. The van der Waals surface area contributed by atoms with Gasteiger partial charge in [0, 0.05) is 40.6 Å². The number of ether oxygens (including phenoxy) is 2. The Morgan fingerprint density at radius 1 is 0.970 bits per heavy atom. The summed E-state index contributed by atoms with van der Waals surface area (Å²) in [5.74, 6) is 2.60. The van der Waals surface area contributed by atoms with Gasteiger partial charge in [0.05, 0.1) is 31.6 Å². The van der Waals surface area contributed by atoms with Crippen molar-refractivity contribution in [3.05, 3.63) is 77.7 Å². The minimum Gasteiger partial charge on any atom is -0.497 e. The molecule has 1 N–H and O–H groups in total. The van der Waals surface area contributed by atoms with Crippen molar-refractivity contribution in [1.82, 2.24) is 19.9 Å². The molecule has 6 heteroatoms. The van der Waals surface area contributed by atoms with Crippen LogP contribution in [0, 0.1) is 0 Å². The van der Waals surface area contributed by atoms with Crippen LogP contribution in [-0.4, -0.2) is 34.2 Å². The van der Waals surface area contributed by atoms with Gasteiger partial charge in [-0.15, -0.1) is 0 Å². The first-order valence-corrected chi connectivity index (χ1v) is 11.0. The molecule has 0 radical (unpaired) electrons. The van der Waals surface area contributed by atoms with Crippen LogP contribution >= 0.6 is 0 Å². The summed E-state index contributed by atoms with van der Waals surface area (Å²) in [6.45, 7) is 4.38. The molecule has 0 aliphatic heterocycles. The first kappa shape index (κ1) is 20.9. The average molecular weight is 439 g/mol. The van der Waals surface area contributed by atoms with E-state index in [1.54, 1.807) is 20.4 Å². The number of aromatic nitrogens is 4. The highest BCUT2D eigenvalue weighted by atomic mass is 16.5. The Labute approximate surface area is 192 Å². The van der Waals surface area contributed by atoms with Gasteiger partial charge in [0.25, 0.3) is 0 Å². The molecule has 0 saturated heterocycles. The predicted molar refractivity (Wildman–Crippen MR) is 131 cm³/mol. The standard InChI is InChI=1S/C27H26N4O2/c1-16(2)19-7-5-6-8-20(19)26-29-22(13-17-9-10-18(32-3)14-24(17)33-4)25-21-11-12-28-15-23(21)30-27(25)31-26/h5-12,14-16H,13H2,1-4H3,(H,29,30,31). The third-order valence-corrected chi connectivity index (χ3v) is 6.00. The lowest BCUT2D eigenvalue weighted by molar-refractivity contribution is 0.391. The molecule has 0 unspecified atom stereocenters. The van der Waals surface area contributed by atoms with Gasteiger partial charge < -0.3 is 14.5 Å². The Morgan fingerprint density at radius 2 is 1.82 bits per heavy atom. The Hall–Kier alpha value is -3.93. The smallest absolute Gasteiger partial charge is 0.162 e. The fraction of sp³-hybridized carbons (Fsp3) is 0.222. The topological polar surface area (TPSA) is 72.9 Å². The van der Waals surface area contributed by atoms with E-state index in [1.165, 1.54) is 5.56 Å². The molecule has 33 heavy (non-hydrogen) atoms. The van der Waals surface area contributed by atoms with Crippen LogP contribution < -0.4 is 9.47 Å². The summed E-state index contributed by atoms with van der Waals surface area (Å²) in [7, 11) is 3.33. The van der Waals surface area contributed by atoms with Crippen LogP contribution in [0.2, 0.25) is 0 Å². The van der Waals surface area contributed by atoms with Gasteiger partial charge in [0.2, 0.25) is 0 Å². The molecule has 0 atom stereocenters. The summed E-state index contributed by atoms with van der Waals surface area (Å²) >= 11 is 0. The van der Waals surface area contributed by atoms with Gasteiger partial charge in [0.1, 0.15) is 17.1 Å². The maximum Gasteiger partial charge on any atom is 0.162 e. The van der Waals surface area contributed by atoms with E-state index in [-0.39, 0.29) is 0 Å². The zero-order valence-corrected chi connectivity index (χ0v) is 19.2. The Bertz CT molecular complexity index is 1460. The van der Waals surface area contributed by atoms with Crippen LogP contribution in [0.3, 0.4) is 0 Å². The van der Waals surface area contributed by atoms with Gasteiger partial charge in [0.15, 0.2) is 5.82 Å². The summed E-state index contributed by atoms with van der Waals surface area (Å²) < 4.78 is 11.0. The van der Waals surface area contributed by atoms with Crippen molar-refractivity contribution < 1.29 is 9.47 Å². The maximum absolute atomic E-state index is 5.67. The van der Waals surface area contributed by atoms with Gasteiger partial charge in [-0.05, 0) is 23.6 Å². The van der Waals surface area contributed by atoms with Gasteiger partial charge in [-0.25, -0.2) is 9.97 Å². The minimum absolute atomic E-state index is 0.359. The van der Waals surface area contributed by atoms with E-state index in [2.05, 4.69) is 42.0 Å². The van der Waals surface area contributed by atoms with Crippen molar-refractivity contribution in [1.29, 1.82) is 0 Å². The van der Waals surface area contributed by atoms with Crippen LogP contribution in [0.25, 0.3) is 33.3 Å². The maximum atomic E-state index is 5.67. The Morgan fingerprint density at radius 3 is 2.61 bits per heavy atom. The number of hydrogen-bond donors (Lipinski definition) is 1. The van der Waals surface area contributed by atoms with Crippen molar-refractivity contribution >= 4 is 21.9 Å². The number of H-pyrrole nitrogens is 1. The number of nitrogens with zero attached hydrogens (tertiary/aromatic N) is 3. The molecule has 3 heterocycles. The lowest BCUT2D eigenvalue weighted by atomic mass is 9.96. The molecule has 0 saturated carbocycles. The SMILES string of the molecule is COc1ccc(Cc2nc(-c3ccccc3C(C)C)nc3[nH]c4cnccc4c23)c(OC)c1. The zero-order chi connectivity index (χ0) is 22.9. The molecule has 166 valence electrons. The van der Waals surface area contributed by atoms with Gasteiger partial charge in [-0.2, -0.15) is 0 Å². The molecule has 0 amide bonds. The molecule has 0 aliphatic rings. The lowest BCUT2D eigenvalue weighted by Crippen LogP contribution is -2.02. The van der Waals surface area contributed by atoms with Gasteiger partial charge in [-0.3, -0.25) is 4.98 Å². The normalized spacial score (nSPS) is 11.4. The van der Waals surface area contributed by atoms with E-state index in [1.807, 2.05) is 36.5 Å². The second-order valence-electron chi connectivity index (χ2n) is 8.36. The summed E-state index contributed by atoms with van der Waals surface area (Å²) in [4.78, 5) is 17.8. The Balaban J connectivity index is 1.75. The van der Waals surface area contributed by atoms with E-state index in [0.717, 1.165) is 50.3 Å². The number of nitrogens with one attached hydrogen (secondary N) is 1. The van der Waals surface area contributed by atoms with Crippen molar-refractivity contribution in [2.24, 2.45) is 0 Å². The molecule has 6 nitrogen and oxygen atoms in total. The molecule has 2 aromatic carbocycles. The highest BCUT2D eigenvalue weighted by molar-refractivity contribution is 6.07. The highest BCUT2D eigenvalue weighted by Crippen LogP contribution is 2.34. The van der Waals surface area contributed by atoms with Crippen LogP contribution in [0.15, 0.2) is 60.9 Å². The van der Waals surface area contributed by atoms with Crippen LogP contribution in [0.5, 0.6) is 11.5 Å². The zero-order valence-electron chi connectivity index (χ0n) is 19.2. The van der Waals surface area contributed by atoms with Crippen molar-refractivity contribution in [3.8, 4) is 22.9 Å². The van der Waals surface area contributed by atoms with Gasteiger partial charge >= 0.3 is 0 Å². The Kier molecular flexibility index (Phi) is 5.42. The summed E-state index contributed by atoms with van der Waals surface area (Å²) in [5.41, 5.74) is 6.00. The second kappa shape index (κ2) is 8.54. The summed E-state index contributed by atoms with van der Waals surface area (Å²) in [5, 5.41) is 2.07. The lowest BCUT2D eigenvalue weighted by Gasteiger charge is -2.14. The molecule has 5 aromatic rings. The van der Waals surface area contributed by atoms with E-state index in [4.69, 9.17) is 19.4 Å². The van der Waals surface area contributed by atoms with Crippen LogP contribution in [-0.2, 0) is 6.42 Å². The molecule has 5 rings (SSSR count). The number of fused-ring (bicyclic) bond motifs is 3. The summed E-state index contributed by atoms with van der Waals surface area (Å²) in [6.07, 6.45) is 4.23. The highest BCUT2D eigenvalue weighted by Gasteiger charge is 2.19. The first-order valence-electron chi connectivity index (χ1n) is 11.0. The monoisotopic (exact) mass is 438 g/mol. The fourth-order valence-electron chi connectivity index (χ4n) is 4.35. The quantitative estimate of drug-likeness (QED) is 0.357. The second-order valence-corrected chi connectivity index (χ2v) is 8.36. The molecule has 0 aliphatic carbocycles. The predicted octanol–water partition coefficient (Wildman–Crippen LogP) is 5.90. The largest absolute Gasteiger partial charge is 0.497 e. The molecule has 0 fully saturated rings.